The van der Waals surface area contributed by atoms with E-state index < -0.39 is 47.9 Å². The number of phenolic OH excluding ortho intramolecular Hbond substituents is 1. The minimum atomic E-state index is -1.30. The number of H-pyrrole nitrogens is 2. The number of hydrogen-bond donors (Lipinski definition) is 9. The van der Waals surface area contributed by atoms with Crippen LogP contribution in [0.2, 0.25) is 0 Å². The molecule has 0 spiro atoms. The summed E-state index contributed by atoms with van der Waals surface area (Å²) in [5, 5.41) is 28.3. The van der Waals surface area contributed by atoms with Crippen LogP contribution in [0.1, 0.15) is 36.1 Å². The van der Waals surface area contributed by atoms with E-state index in [1.807, 2.05) is 24.3 Å². The number of unbranched alkanes of at least 4 members (excludes halogenated alkanes) is 1. The molecule has 4 rings (SSSR count). The summed E-state index contributed by atoms with van der Waals surface area (Å²) in [5.74, 6) is -3.13. The van der Waals surface area contributed by atoms with Crippen LogP contribution in [0, 0.1) is 0 Å². The number of aromatic amines is 2. The van der Waals surface area contributed by atoms with Gasteiger partial charge in [-0.3, -0.25) is 14.4 Å². The molecule has 11 N–H and O–H groups in total. The molecule has 4 aromatic rings. The Morgan fingerprint density at radius 1 is 0.826 bits per heavy atom. The number of benzene rings is 2. The molecule has 0 radical (unpaired) electrons. The minimum Gasteiger partial charge on any atom is -0.508 e. The number of carboxylic acids is 1. The number of aromatic hydroxyl groups is 1. The number of hydrogen-bond acceptors (Lipinski definition) is 8. The zero-order valence-corrected chi connectivity index (χ0v) is 25.2. The summed E-state index contributed by atoms with van der Waals surface area (Å²) in [6, 6.07) is 8.99. The number of phenols is 1. The molecular formula is C32H40N8O6. The molecular weight excluding hydrogens is 592 g/mol. The van der Waals surface area contributed by atoms with Crippen LogP contribution < -0.4 is 27.4 Å². The Morgan fingerprint density at radius 3 is 2.22 bits per heavy atom. The van der Waals surface area contributed by atoms with Crippen molar-refractivity contribution in [2.45, 2.75) is 62.7 Å². The third kappa shape index (κ3) is 9.39. The highest BCUT2D eigenvalue weighted by Gasteiger charge is 2.31. The Bertz CT molecular complexity index is 1600. The fourth-order valence-electron chi connectivity index (χ4n) is 5.11. The number of carbonyl (C=O) groups excluding carboxylic acids is 3. The third-order valence-corrected chi connectivity index (χ3v) is 7.63. The van der Waals surface area contributed by atoms with E-state index in [0.717, 1.165) is 16.5 Å². The number of carbonyl (C=O) groups is 4. The number of fused-ring (bicyclic) bond motifs is 1. The first-order valence-electron chi connectivity index (χ1n) is 15.0. The van der Waals surface area contributed by atoms with E-state index >= 15 is 0 Å². The van der Waals surface area contributed by atoms with Gasteiger partial charge in [-0.25, -0.2) is 9.78 Å². The molecule has 2 heterocycles. The van der Waals surface area contributed by atoms with Gasteiger partial charge >= 0.3 is 5.97 Å². The maximum Gasteiger partial charge on any atom is 0.326 e. The number of imidazole rings is 1. The van der Waals surface area contributed by atoms with E-state index in [2.05, 4.69) is 30.9 Å². The smallest absolute Gasteiger partial charge is 0.326 e. The average Bonchev–Trinajstić information content (AvgIpc) is 3.71. The predicted molar refractivity (Wildman–Crippen MR) is 170 cm³/mol. The molecule has 3 amide bonds. The van der Waals surface area contributed by atoms with Crippen molar-refractivity contribution in [1.29, 1.82) is 0 Å². The summed E-state index contributed by atoms with van der Waals surface area (Å²) in [4.78, 5) is 62.6. The van der Waals surface area contributed by atoms with Gasteiger partial charge in [0.15, 0.2) is 0 Å². The molecule has 4 unspecified atom stereocenters. The van der Waals surface area contributed by atoms with Crippen molar-refractivity contribution in [3.63, 3.8) is 0 Å². The Labute approximate surface area is 265 Å². The number of nitrogens with two attached hydrogens (primary N) is 2. The van der Waals surface area contributed by atoms with E-state index in [4.69, 9.17) is 11.5 Å². The Balaban J connectivity index is 1.53. The topological polar surface area (TPSA) is 241 Å². The van der Waals surface area contributed by atoms with Crippen molar-refractivity contribution in [2.75, 3.05) is 6.54 Å². The fraction of sp³-hybridized carbons (Fsp3) is 0.344. The van der Waals surface area contributed by atoms with Gasteiger partial charge in [0.2, 0.25) is 17.7 Å². The van der Waals surface area contributed by atoms with Crippen LogP contribution in [0.5, 0.6) is 5.75 Å². The quantitative estimate of drug-likeness (QED) is 0.0740. The van der Waals surface area contributed by atoms with Gasteiger partial charge in [0.25, 0.3) is 0 Å². The van der Waals surface area contributed by atoms with Gasteiger partial charge in [-0.05, 0) is 55.1 Å². The van der Waals surface area contributed by atoms with Crippen molar-refractivity contribution in [3.05, 3.63) is 84.1 Å². The number of para-hydroxylation sites is 1. The third-order valence-electron chi connectivity index (χ3n) is 7.63. The second kappa shape index (κ2) is 16.2. The van der Waals surface area contributed by atoms with Crippen molar-refractivity contribution in [2.24, 2.45) is 11.5 Å². The van der Waals surface area contributed by atoms with Gasteiger partial charge in [-0.1, -0.05) is 30.3 Å². The fourth-order valence-corrected chi connectivity index (χ4v) is 5.11. The van der Waals surface area contributed by atoms with Crippen LogP contribution >= 0.6 is 0 Å². The number of nitrogens with one attached hydrogen (secondary N) is 5. The zero-order valence-electron chi connectivity index (χ0n) is 25.2. The van der Waals surface area contributed by atoms with Gasteiger partial charge < -0.3 is 47.6 Å². The highest BCUT2D eigenvalue weighted by Crippen LogP contribution is 2.20. The number of amides is 3. The maximum atomic E-state index is 13.8. The van der Waals surface area contributed by atoms with Crippen LogP contribution in [-0.2, 0) is 38.4 Å². The van der Waals surface area contributed by atoms with Crippen LogP contribution in [0.3, 0.4) is 0 Å². The lowest BCUT2D eigenvalue weighted by Gasteiger charge is -2.25. The van der Waals surface area contributed by atoms with Crippen LogP contribution in [0.4, 0.5) is 0 Å². The van der Waals surface area contributed by atoms with Gasteiger partial charge in [0, 0.05) is 48.3 Å². The number of rotatable bonds is 17. The maximum absolute atomic E-state index is 13.8. The van der Waals surface area contributed by atoms with Gasteiger partial charge in [0.1, 0.15) is 23.9 Å². The molecule has 0 saturated heterocycles. The Hall–Kier alpha value is -5.21. The largest absolute Gasteiger partial charge is 0.508 e. The molecule has 4 atom stereocenters. The molecule has 2 aromatic heterocycles. The SMILES string of the molecule is NCCCCC(NC(=O)C(Cc1c[nH]c2ccccc12)NC(=O)C(N)Cc1cnc[nH]1)C(=O)NC(Cc1ccc(O)cc1)C(=O)O. The average molecular weight is 633 g/mol. The van der Waals surface area contributed by atoms with E-state index in [1.54, 1.807) is 24.5 Å². The Kier molecular flexibility index (Phi) is 11.9. The Morgan fingerprint density at radius 2 is 1.52 bits per heavy atom. The van der Waals surface area contributed by atoms with Crippen LogP contribution in [0.15, 0.2) is 67.3 Å². The first kappa shape index (κ1) is 33.7. The molecule has 0 fully saturated rings. The molecule has 14 nitrogen and oxygen atoms in total. The van der Waals surface area contributed by atoms with E-state index in [0.29, 0.717) is 30.6 Å². The molecule has 46 heavy (non-hydrogen) atoms. The van der Waals surface area contributed by atoms with Gasteiger partial charge in [0.05, 0.1) is 12.4 Å². The highest BCUT2D eigenvalue weighted by atomic mass is 16.4. The molecule has 0 aliphatic heterocycles. The van der Waals surface area contributed by atoms with Crippen molar-refractivity contribution < 1.29 is 29.4 Å². The standard InChI is InChI=1S/C32H40N8O6/c33-12-4-3-7-26(30(43)40-28(32(45)46)13-19-8-10-22(41)11-9-19)38-31(44)27(14-20-16-36-25-6-2-1-5-23(20)25)39-29(42)24(34)15-21-17-35-18-37-21/h1-2,5-6,8-11,16-18,24,26-28,36,41H,3-4,7,12-15,33-34H2,(H,35,37)(H,38,44)(H,39,42)(H,40,43)(H,45,46). The second-order valence-corrected chi connectivity index (χ2v) is 11.1. The minimum absolute atomic E-state index is 0.0267. The number of carboxylic acid groups (broad SMARTS) is 1. The summed E-state index contributed by atoms with van der Waals surface area (Å²) in [5.41, 5.74) is 14.7. The van der Waals surface area contributed by atoms with Gasteiger partial charge in [-0.15, -0.1) is 0 Å². The molecule has 0 bridgehead atoms. The summed E-state index contributed by atoms with van der Waals surface area (Å²) in [6.45, 7) is 0.369. The lowest BCUT2D eigenvalue weighted by atomic mass is 10.0. The van der Waals surface area contributed by atoms with Crippen LogP contribution in [-0.4, -0.2) is 79.6 Å². The zero-order chi connectivity index (χ0) is 33.1. The summed E-state index contributed by atoms with van der Waals surface area (Å²) < 4.78 is 0. The number of aliphatic carboxylic acids is 1. The first-order chi connectivity index (χ1) is 22.1. The van der Waals surface area contributed by atoms with E-state index in [9.17, 15) is 29.4 Å². The van der Waals surface area contributed by atoms with E-state index in [1.165, 1.54) is 18.5 Å². The predicted octanol–water partition coefficient (Wildman–Crippen LogP) is 0.620. The lowest BCUT2D eigenvalue weighted by Crippen LogP contribution is -2.58. The molecule has 0 saturated carbocycles. The van der Waals surface area contributed by atoms with E-state index in [-0.39, 0.29) is 31.4 Å². The van der Waals surface area contributed by atoms with Gasteiger partial charge in [-0.2, -0.15) is 0 Å². The first-order valence-corrected chi connectivity index (χ1v) is 15.0. The summed E-state index contributed by atoms with van der Waals surface area (Å²) in [6.07, 6.45) is 6.25. The molecule has 0 aliphatic rings. The number of aromatic nitrogens is 3. The summed E-state index contributed by atoms with van der Waals surface area (Å²) in [7, 11) is 0. The number of nitrogens with zero attached hydrogens (tertiary/aromatic N) is 1. The molecule has 2 aromatic carbocycles. The summed E-state index contributed by atoms with van der Waals surface area (Å²) >= 11 is 0. The van der Waals surface area contributed by atoms with Crippen molar-refractivity contribution in [1.82, 2.24) is 30.9 Å². The molecule has 244 valence electrons. The monoisotopic (exact) mass is 632 g/mol. The second-order valence-electron chi connectivity index (χ2n) is 11.1. The van der Waals surface area contributed by atoms with Crippen molar-refractivity contribution in [3.8, 4) is 5.75 Å². The molecule has 14 heteroatoms. The molecule has 0 aliphatic carbocycles. The van der Waals surface area contributed by atoms with Crippen molar-refractivity contribution >= 4 is 34.6 Å². The highest BCUT2D eigenvalue weighted by molar-refractivity contribution is 5.95. The lowest BCUT2D eigenvalue weighted by molar-refractivity contribution is -0.142. The van der Waals surface area contributed by atoms with Crippen LogP contribution in [0.25, 0.3) is 10.9 Å². The normalized spacial score (nSPS) is 13.8.